The zero-order chi connectivity index (χ0) is 13.6. The Morgan fingerprint density at radius 1 is 1.37 bits per heavy atom. The molecule has 0 spiro atoms. The summed E-state index contributed by atoms with van der Waals surface area (Å²) in [5, 5.41) is 11.4. The van der Waals surface area contributed by atoms with E-state index in [2.05, 4.69) is 27.9 Å². The van der Waals surface area contributed by atoms with E-state index in [1.165, 1.54) is 4.88 Å². The molecule has 0 radical (unpaired) electrons. The third-order valence-corrected chi connectivity index (χ3v) is 4.72. The monoisotopic (exact) mass is 297 g/mol. The Kier molecular flexibility index (Phi) is 3.15. The second kappa shape index (κ2) is 4.58. The lowest BCUT2D eigenvalue weighted by atomic mass is 9.94. The first kappa shape index (κ1) is 13.1. The fourth-order valence-corrected chi connectivity index (χ4v) is 3.53. The van der Waals surface area contributed by atoms with Gasteiger partial charge in [0.2, 0.25) is 5.28 Å². The van der Waals surface area contributed by atoms with Crippen LogP contribution >= 0.6 is 22.9 Å². The minimum absolute atomic E-state index is 0.293. The van der Waals surface area contributed by atoms with Crippen molar-refractivity contribution in [2.24, 2.45) is 0 Å². The molecular formula is C13H16ClN3OS. The molecule has 0 bridgehead atoms. The Morgan fingerprint density at radius 2 is 2.05 bits per heavy atom. The molecule has 102 valence electrons. The summed E-state index contributed by atoms with van der Waals surface area (Å²) in [7, 11) is 0. The van der Waals surface area contributed by atoms with Gasteiger partial charge in [-0.2, -0.15) is 4.98 Å². The first-order chi connectivity index (χ1) is 8.94. The molecule has 1 N–H and O–H groups in total. The van der Waals surface area contributed by atoms with Gasteiger partial charge in [-0.25, -0.2) is 4.98 Å². The van der Waals surface area contributed by atoms with Crippen molar-refractivity contribution in [3.63, 3.8) is 0 Å². The van der Waals surface area contributed by atoms with Gasteiger partial charge in [0.15, 0.2) is 0 Å². The Morgan fingerprint density at radius 3 is 2.74 bits per heavy atom. The quantitative estimate of drug-likeness (QED) is 0.822. The SMILES string of the molecule is Cc1cc2c(N3CCC(C)(O)CC3)nc(Cl)nc2s1. The molecule has 1 saturated heterocycles. The molecule has 0 aromatic carbocycles. The highest BCUT2D eigenvalue weighted by Crippen LogP contribution is 2.34. The number of thiophene rings is 1. The van der Waals surface area contributed by atoms with Gasteiger partial charge in [-0.15, -0.1) is 11.3 Å². The number of fused-ring (bicyclic) bond motifs is 1. The summed E-state index contributed by atoms with van der Waals surface area (Å²) in [6.45, 7) is 5.54. The van der Waals surface area contributed by atoms with Gasteiger partial charge < -0.3 is 10.0 Å². The van der Waals surface area contributed by atoms with Gasteiger partial charge in [0.1, 0.15) is 10.6 Å². The smallest absolute Gasteiger partial charge is 0.225 e. The van der Waals surface area contributed by atoms with E-state index >= 15 is 0 Å². The van der Waals surface area contributed by atoms with Gasteiger partial charge in [0.05, 0.1) is 11.0 Å². The maximum Gasteiger partial charge on any atom is 0.225 e. The Labute approximate surface area is 121 Å². The van der Waals surface area contributed by atoms with Crippen molar-refractivity contribution >= 4 is 39.0 Å². The lowest BCUT2D eigenvalue weighted by Gasteiger charge is -2.36. The van der Waals surface area contributed by atoms with Crippen LogP contribution < -0.4 is 4.90 Å². The summed E-state index contributed by atoms with van der Waals surface area (Å²) in [4.78, 5) is 13.0. The molecule has 0 atom stereocenters. The highest BCUT2D eigenvalue weighted by atomic mass is 35.5. The molecule has 0 amide bonds. The normalized spacial score (nSPS) is 19.1. The predicted octanol–water partition coefficient (Wildman–Crippen LogP) is 3.00. The number of halogens is 1. The summed E-state index contributed by atoms with van der Waals surface area (Å²) >= 11 is 7.65. The second-order valence-electron chi connectivity index (χ2n) is 5.38. The van der Waals surface area contributed by atoms with Crippen molar-refractivity contribution in [3.05, 3.63) is 16.2 Å². The standard InChI is InChI=1S/C13H16ClN3OS/c1-8-7-9-10(15-12(14)16-11(9)19-8)17-5-3-13(2,18)4-6-17/h7,18H,3-6H2,1-2H3. The van der Waals surface area contributed by atoms with Crippen LogP contribution in [-0.4, -0.2) is 33.8 Å². The molecule has 3 heterocycles. The summed E-state index contributed by atoms with van der Waals surface area (Å²) in [5.74, 6) is 0.898. The van der Waals surface area contributed by atoms with E-state index in [0.717, 1.165) is 42.0 Å². The first-order valence-electron chi connectivity index (χ1n) is 6.36. The Balaban J connectivity index is 2.00. The van der Waals surface area contributed by atoms with E-state index in [4.69, 9.17) is 11.6 Å². The van der Waals surface area contributed by atoms with Crippen LogP contribution in [0.3, 0.4) is 0 Å². The van der Waals surface area contributed by atoms with E-state index in [-0.39, 0.29) is 0 Å². The van der Waals surface area contributed by atoms with Crippen molar-refractivity contribution < 1.29 is 5.11 Å². The van der Waals surface area contributed by atoms with Gasteiger partial charge >= 0.3 is 0 Å². The number of aliphatic hydroxyl groups is 1. The first-order valence-corrected chi connectivity index (χ1v) is 7.55. The lowest BCUT2D eigenvalue weighted by molar-refractivity contribution is 0.0350. The Bertz CT molecular complexity index is 616. The molecular weight excluding hydrogens is 282 g/mol. The molecule has 6 heteroatoms. The predicted molar refractivity (Wildman–Crippen MR) is 79.2 cm³/mol. The van der Waals surface area contributed by atoms with E-state index in [9.17, 15) is 5.11 Å². The molecule has 4 nitrogen and oxygen atoms in total. The minimum Gasteiger partial charge on any atom is -0.390 e. The number of hydrogen-bond acceptors (Lipinski definition) is 5. The fourth-order valence-electron chi connectivity index (χ4n) is 2.44. The van der Waals surface area contributed by atoms with Crippen LogP contribution in [-0.2, 0) is 0 Å². The number of aromatic nitrogens is 2. The average Bonchev–Trinajstić information content (AvgIpc) is 2.68. The number of hydrogen-bond donors (Lipinski definition) is 1. The highest BCUT2D eigenvalue weighted by molar-refractivity contribution is 7.18. The Hall–Kier alpha value is -0.910. The van der Waals surface area contributed by atoms with Crippen molar-refractivity contribution in [2.45, 2.75) is 32.3 Å². The molecule has 0 aliphatic carbocycles. The molecule has 1 aliphatic rings. The number of aryl methyl sites for hydroxylation is 1. The lowest BCUT2D eigenvalue weighted by Crippen LogP contribution is -2.42. The van der Waals surface area contributed by atoms with Crippen molar-refractivity contribution in [2.75, 3.05) is 18.0 Å². The van der Waals surface area contributed by atoms with Crippen LogP contribution in [0.1, 0.15) is 24.6 Å². The van der Waals surface area contributed by atoms with E-state index in [0.29, 0.717) is 5.28 Å². The number of nitrogens with zero attached hydrogens (tertiary/aromatic N) is 3. The van der Waals surface area contributed by atoms with E-state index in [1.54, 1.807) is 11.3 Å². The maximum absolute atomic E-state index is 10.0. The topological polar surface area (TPSA) is 49.2 Å². The number of piperidine rings is 1. The molecule has 0 unspecified atom stereocenters. The van der Waals surface area contributed by atoms with Gasteiger partial charge in [-0.1, -0.05) is 0 Å². The summed E-state index contributed by atoms with van der Waals surface area (Å²) in [6.07, 6.45) is 1.50. The molecule has 19 heavy (non-hydrogen) atoms. The van der Waals surface area contributed by atoms with Gasteiger partial charge in [-0.05, 0) is 44.4 Å². The van der Waals surface area contributed by atoms with Crippen LogP contribution in [0.25, 0.3) is 10.2 Å². The van der Waals surface area contributed by atoms with Crippen LogP contribution in [0, 0.1) is 6.92 Å². The van der Waals surface area contributed by atoms with Gasteiger partial charge in [-0.3, -0.25) is 0 Å². The fraction of sp³-hybridized carbons (Fsp3) is 0.538. The van der Waals surface area contributed by atoms with E-state index in [1.807, 2.05) is 6.92 Å². The zero-order valence-electron chi connectivity index (χ0n) is 11.0. The third kappa shape index (κ3) is 2.55. The molecule has 3 rings (SSSR count). The number of anilines is 1. The molecule has 2 aromatic rings. The van der Waals surface area contributed by atoms with Crippen molar-refractivity contribution in [3.8, 4) is 0 Å². The van der Waals surface area contributed by atoms with E-state index < -0.39 is 5.60 Å². The maximum atomic E-state index is 10.0. The third-order valence-electron chi connectivity index (χ3n) is 3.61. The van der Waals surface area contributed by atoms with Crippen LogP contribution in [0.15, 0.2) is 6.07 Å². The van der Waals surface area contributed by atoms with Gasteiger partial charge in [0.25, 0.3) is 0 Å². The van der Waals surface area contributed by atoms with Crippen LogP contribution in [0.2, 0.25) is 5.28 Å². The van der Waals surface area contributed by atoms with Crippen LogP contribution in [0.5, 0.6) is 0 Å². The van der Waals surface area contributed by atoms with Crippen LogP contribution in [0.4, 0.5) is 5.82 Å². The number of rotatable bonds is 1. The summed E-state index contributed by atoms with van der Waals surface area (Å²) < 4.78 is 0. The highest BCUT2D eigenvalue weighted by Gasteiger charge is 2.29. The molecule has 0 saturated carbocycles. The molecule has 1 fully saturated rings. The van der Waals surface area contributed by atoms with Crippen molar-refractivity contribution in [1.82, 2.24) is 9.97 Å². The minimum atomic E-state index is -0.559. The summed E-state index contributed by atoms with van der Waals surface area (Å²) in [5.41, 5.74) is -0.559. The largest absolute Gasteiger partial charge is 0.390 e. The molecule has 2 aromatic heterocycles. The molecule has 1 aliphatic heterocycles. The van der Waals surface area contributed by atoms with Crippen molar-refractivity contribution in [1.29, 1.82) is 0 Å². The average molecular weight is 298 g/mol. The van der Waals surface area contributed by atoms with Gasteiger partial charge in [0, 0.05) is 18.0 Å². The summed E-state index contributed by atoms with van der Waals surface area (Å²) in [6, 6.07) is 2.11. The second-order valence-corrected chi connectivity index (χ2v) is 6.95. The zero-order valence-corrected chi connectivity index (χ0v) is 12.6.